The molecule has 0 spiro atoms. The number of nitrogens with zero attached hydrogens (tertiary/aromatic N) is 2. The van der Waals surface area contributed by atoms with E-state index in [1.54, 1.807) is 21.3 Å². The van der Waals surface area contributed by atoms with E-state index < -0.39 is 0 Å². The molecule has 8 heteroatoms. The quantitative estimate of drug-likeness (QED) is 0.272. The molecule has 8 nitrogen and oxygen atoms in total. The van der Waals surface area contributed by atoms with Crippen LogP contribution in [0.2, 0.25) is 0 Å². The van der Waals surface area contributed by atoms with Crippen LogP contribution in [0.5, 0.6) is 40.2 Å². The molecule has 0 amide bonds. The van der Waals surface area contributed by atoms with Crippen molar-refractivity contribution in [3.63, 3.8) is 0 Å². The van der Waals surface area contributed by atoms with Gasteiger partial charge in [-0.05, 0) is 104 Å². The summed E-state index contributed by atoms with van der Waals surface area (Å²) in [6.45, 7) is 1.73. The Hall–Kier alpha value is -4.24. The van der Waals surface area contributed by atoms with Crippen LogP contribution >= 0.6 is 0 Å². The molecule has 4 aliphatic heterocycles. The summed E-state index contributed by atoms with van der Waals surface area (Å²) in [6, 6.07) is 20.9. The van der Waals surface area contributed by atoms with Crippen molar-refractivity contribution in [1.82, 2.24) is 9.80 Å². The van der Waals surface area contributed by atoms with Gasteiger partial charge >= 0.3 is 0 Å². The van der Waals surface area contributed by atoms with E-state index in [9.17, 15) is 5.11 Å². The Morgan fingerprint density at radius 1 is 0.717 bits per heavy atom. The summed E-state index contributed by atoms with van der Waals surface area (Å²) in [5.41, 5.74) is 7.80. The number of ether oxygens (including phenoxy) is 5. The molecule has 0 radical (unpaired) electrons. The smallest absolute Gasteiger partial charge is 0.204 e. The highest BCUT2D eigenvalue weighted by atomic mass is 16.5. The van der Waals surface area contributed by atoms with Crippen LogP contribution in [0.3, 0.4) is 0 Å². The molecule has 6 bridgehead atoms. The van der Waals surface area contributed by atoms with Crippen molar-refractivity contribution in [2.24, 2.45) is 0 Å². The van der Waals surface area contributed by atoms with Crippen molar-refractivity contribution in [2.75, 3.05) is 48.5 Å². The number of benzene rings is 4. The second kappa shape index (κ2) is 12.5. The molecule has 4 heterocycles. The van der Waals surface area contributed by atoms with Crippen molar-refractivity contribution >= 4 is 0 Å². The zero-order chi connectivity index (χ0) is 31.9. The highest BCUT2D eigenvalue weighted by Gasteiger charge is 2.34. The van der Waals surface area contributed by atoms with Gasteiger partial charge in [0.15, 0.2) is 23.0 Å². The van der Waals surface area contributed by atoms with E-state index in [1.807, 2.05) is 18.2 Å². The van der Waals surface area contributed by atoms with Crippen LogP contribution in [-0.4, -0.2) is 63.4 Å². The van der Waals surface area contributed by atoms with Crippen LogP contribution in [0.4, 0.5) is 0 Å². The lowest BCUT2D eigenvalue weighted by Gasteiger charge is -2.37. The fourth-order valence-corrected chi connectivity index (χ4v) is 7.30. The van der Waals surface area contributed by atoms with Gasteiger partial charge in [-0.2, -0.15) is 0 Å². The Bertz CT molecular complexity index is 1750. The molecular weight excluding hydrogens is 580 g/mol. The third kappa shape index (κ3) is 5.44. The molecule has 8 rings (SSSR count). The predicted molar refractivity (Wildman–Crippen MR) is 177 cm³/mol. The molecule has 0 aliphatic carbocycles. The number of hydrogen-bond donors (Lipinski definition) is 1. The number of methoxy groups -OCH3 is 3. The van der Waals surface area contributed by atoms with Crippen molar-refractivity contribution in [2.45, 2.75) is 44.4 Å². The van der Waals surface area contributed by atoms with Gasteiger partial charge in [0, 0.05) is 36.3 Å². The maximum atomic E-state index is 10.2. The Labute approximate surface area is 271 Å². The summed E-state index contributed by atoms with van der Waals surface area (Å²) >= 11 is 0. The van der Waals surface area contributed by atoms with Crippen LogP contribution < -0.4 is 23.7 Å². The average molecular weight is 623 g/mol. The summed E-state index contributed by atoms with van der Waals surface area (Å²) in [5, 5.41) is 10.2. The first-order valence-corrected chi connectivity index (χ1v) is 16.0. The van der Waals surface area contributed by atoms with E-state index in [0.717, 1.165) is 54.8 Å². The minimum Gasteiger partial charge on any atom is -0.493 e. The van der Waals surface area contributed by atoms with Gasteiger partial charge < -0.3 is 28.8 Å². The molecule has 1 N–H and O–H groups in total. The van der Waals surface area contributed by atoms with Gasteiger partial charge in [-0.15, -0.1) is 0 Å². The first kappa shape index (κ1) is 30.4. The fraction of sp³-hybridized carbons (Fsp3) is 0.368. The van der Waals surface area contributed by atoms with Gasteiger partial charge in [0.2, 0.25) is 5.75 Å². The lowest BCUT2D eigenvalue weighted by molar-refractivity contribution is 0.220. The number of rotatable bonds is 4. The van der Waals surface area contributed by atoms with Crippen molar-refractivity contribution in [3.8, 4) is 40.2 Å². The lowest BCUT2D eigenvalue weighted by Crippen LogP contribution is -2.34. The molecule has 0 fully saturated rings. The molecule has 240 valence electrons. The Morgan fingerprint density at radius 3 is 2.11 bits per heavy atom. The molecule has 0 saturated carbocycles. The third-order valence-corrected chi connectivity index (χ3v) is 9.92. The highest BCUT2D eigenvalue weighted by molar-refractivity contribution is 5.63. The average Bonchev–Trinajstić information content (AvgIpc) is 3.07. The molecule has 46 heavy (non-hydrogen) atoms. The van der Waals surface area contributed by atoms with Crippen molar-refractivity contribution in [3.05, 3.63) is 99.6 Å². The van der Waals surface area contributed by atoms with Gasteiger partial charge in [0.25, 0.3) is 0 Å². The molecular formula is C38H42N2O6. The zero-order valence-electron chi connectivity index (χ0n) is 27.3. The van der Waals surface area contributed by atoms with Crippen molar-refractivity contribution < 1.29 is 28.8 Å². The van der Waals surface area contributed by atoms with E-state index in [1.165, 1.54) is 22.3 Å². The van der Waals surface area contributed by atoms with E-state index in [-0.39, 0.29) is 18.7 Å². The molecule has 2 atom stereocenters. The molecule has 0 saturated heterocycles. The number of aliphatic hydroxyl groups is 1. The first-order valence-electron chi connectivity index (χ1n) is 16.0. The molecule has 4 aromatic rings. The summed E-state index contributed by atoms with van der Waals surface area (Å²) in [6.07, 6.45) is 3.31. The number of aliphatic hydroxyl groups excluding tert-OH is 1. The van der Waals surface area contributed by atoms with Crippen LogP contribution in [0, 0.1) is 0 Å². The van der Waals surface area contributed by atoms with Crippen LogP contribution in [0.1, 0.15) is 51.0 Å². The maximum absolute atomic E-state index is 10.2. The van der Waals surface area contributed by atoms with Gasteiger partial charge in [-0.25, -0.2) is 0 Å². The van der Waals surface area contributed by atoms with Crippen LogP contribution in [-0.2, 0) is 32.3 Å². The Balaban J connectivity index is 1.47. The third-order valence-electron chi connectivity index (χ3n) is 9.92. The van der Waals surface area contributed by atoms with Gasteiger partial charge in [-0.3, -0.25) is 9.80 Å². The standard InChI is InChI=1S/C38H42N2O6/c1-39-14-12-25-19-33(42-3)34-21-29(25)30(39)16-23-7-10-28(11-8-23)45-32-18-24(6-9-27(32)22-41)17-31-36-26(13-15-40(31)2)20-35(43-4)37(44-5)38(36)46-34/h6-11,18-21,30-31,41H,12-17,22H2,1-5H3/t30-,31-/m0/s1. The normalized spacial score (nSPS) is 19.3. The molecule has 4 aromatic carbocycles. The molecule has 0 unspecified atom stereocenters. The van der Waals surface area contributed by atoms with Crippen LogP contribution in [0.25, 0.3) is 0 Å². The monoisotopic (exact) mass is 622 g/mol. The van der Waals surface area contributed by atoms with E-state index in [0.29, 0.717) is 40.9 Å². The Morgan fingerprint density at radius 2 is 1.39 bits per heavy atom. The number of fused-ring (bicyclic) bond motifs is 2. The van der Waals surface area contributed by atoms with Crippen LogP contribution in [0.15, 0.2) is 60.7 Å². The topological polar surface area (TPSA) is 72.9 Å². The van der Waals surface area contributed by atoms with Gasteiger partial charge in [0.05, 0.1) is 27.9 Å². The highest BCUT2D eigenvalue weighted by Crippen LogP contribution is 2.51. The second-order valence-electron chi connectivity index (χ2n) is 12.6. The lowest BCUT2D eigenvalue weighted by atomic mass is 9.87. The predicted octanol–water partition coefficient (Wildman–Crippen LogP) is 6.65. The van der Waals surface area contributed by atoms with Crippen molar-refractivity contribution in [1.29, 1.82) is 0 Å². The molecule has 4 aliphatic rings. The summed E-state index contributed by atoms with van der Waals surface area (Å²) < 4.78 is 31.3. The minimum atomic E-state index is -0.106. The number of hydrogen-bond acceptors (Lipinski definition) is 8. The molecule has 0 aromatic heterocycles. The van der Waals surface area contributed by atoms with E-state index in [4.69, 9.17) is 23.7 Å². The summed E-state index contributed by atoms with van der Waals surface area (Å²) in [7, 11) is 9.37. The summed E-state index contributed by atoms with van der Waals surface area (Å²) in [4.78, 5) is 4.78. The van der Waals surface area contributed by atoms with E-state index in [2.05, 4.69) is 66.4 Å². The minimum absolute atomic E-state index is 0.0212. The van der Waals surface area contributed by atoms with Gasteiger partial charge in [0.1, 0.15) is 11.5 Å². The SMILES string of the molecule is COc1cc2c3cc1Oc1c(OC)c(OC)cc4c1[C@H](Cc1ccc(CO)c(c1)Oc1ccc(cc1)C[C@@H]3N(C)CC2)N(C)CC4. The fourth-order valence-electron chi connectivity index (χ4n) is 7.30. The Kier molecular flexibility index (Phi) is 8.27. The van der Waals surface area contributed by atoms with E-state index >= 15 is 0 Å². The largest absolute Gasteiger partial charge is 0.493 e. The second-order valence-corrected chi connectivity index (χ2v) is 12.6. The first-order chi connectivity index (χ1) is 22.4. The van der Waals surface area contributed by atoms with Gasteiger partial charge in [-0.1, -0.05) is 24.3 Å². The zero-order valence-corrected chi connectivity index (χ0v) is 27.3. The summed E-state index contributed by atoms with van der Waals surface area (Å²) in [5.74, 6) is 4.60. The number of likely N-dealkylation sites (N-methyl/N-ethyl adjacent to an activating group) is 2. The maximum Gasteiger partial charge on any atom is 0.204 e.